The first-order valence-electron chi connectivity index (χ1n) is 7.23. The van der Waals surface area contributed by atoms with E-state index in [1.807, 2.05) is 32.0 Å². The van der Waals surface area contributed by atoms with Gasteiger partial charge in [0.2, 0.25) is 0 Å². The molecule has 0 aromatic heterocycles. The van der Waals surface area contributed by atoms with Gasteiger partial charge < -0.3 is 14.8 Å². The topological polar surface area (TPSA) is 64.6 Å². The van der Waals surface area contributed by atoms with E-state index in [4.69, 9.17) is 9.47 Å². The first-order chi connectivity index (χ1) is 9.96. The fourth-order valence-corrected chi connectivity index (χ4v) is 2.07. The highest BCUT2D eigenvalue weighted by Crippen LogP contribution is 2.25. The first-order valence-corrected chi connectivity index (χ1v) is 9.29. The van der Waals surface area contributed by atoms with Crippen molar-refractivity contribution in [3.8, 4) is 11.5 Å². The molecule has 0 aliphatic heterocycles. The molecule has 5 nitrogen and oxygen atoms in total. The van der Waals surface area contributed by atoms with E-state index in [1.165, 1.54) is 6.26 Å². The van der Waals surface area contributed by atoms with Crippen LogP contribution in [0.4, 0.5) is 0 Å². The molecule has 1 rings (SSSR count). The van der Waals surface area contributed by atoms with Crippen molar-refractivity contribution in [2.24, 2.45) is 0 Å². The van der Waals surface area contributed by atoms with Crippen molar-refractivity contribution in [3.05, 3.63) is 23.8 Å². The van der Waals surface area contributed by atoms with Gasteiger partial charge in [0, 0.05) is 24.4 Å². The maximum Gasteiger partial charge on any atom is 0.150 e. The van der Waals surface area contributed by atoms with E-state index < -0.39 is 9.84 Å². The molecule has 0 bridgehead atoms. The molecule has 0 atom stereocenters. The fourth-order valence-electron chi connectivity index (χ4n) is 1.69. The predicted octanol–water partition coefficient (Wildman–Crippen LogP) is 2.01. The minimum atomic E-state index is -3.02. The van der Waals surface area contributed by atoms with Crippen LogP contribution < -0.4 is 14.8 Å². The van der Waals surface area contributed by atoms with Gasteiger partial charge in [-0.15, -0.1) is 0 Å². The highest BCUT2D eigenvalue weighted by molar-refractivity contribution is 7.90. The average molecular weight is 315 g/mol. The van der Waals surface area contributed by atoms with Gasteiger partial charge in [-0.25, -0.2) is 8.42 Å². The molecule has 0 aliphatic carbocycles. The van der Waals surface area contributed by atoms with Crippen molar-refractivity contribution < 1.29 is 17.9 Å². The average Bonchev–Trinajstić information content (AvgIpc) is 2.42. The third kappa shape index (κ3) is 7.34. The zero-order valence-corrected chi connectivity index (χ0v) is 13.8. The van der Waals surface area contributed by atoms with Crippen LogP contribution in [-0.2, 0) is 16.4 Å². The van der Waals surface area contributed by atoms with Crippen molar-refractivity contribution in [2.75, 3.05) is 31.8 Å². The Bertz CT molecular complexity index is 528. The number of rotatable bonds is 10. The minimum Gasteiger partial charge on any atom is -0.493 e. The summed E-state index contributed by atoms with van der Waals surface area (Å²) in [5, 5.41) is 3.24. The molecule has 0 spiro atoms. The summed E-state index contributed by atoms with van der Waals surface area (Å²) in [6.07, 6.45) is 2.14. The molecule has 1 N–H and O–H groups in total. The van der Waals surface area contributed by atoms with Crippen LogP contribution in [-0.4, -0.2) is 40.2 Å². The maximum absolute atomic E-state index is 11.2. The highest BCUT2D eigenvalue weighted by atomic mass is 32.2. The van der Waals surface area contributed by atoms with Crippen LogP contribution in [0.2, 0.25) is 0 Å². The monoisotopic (exact) mass is 315 g/mol. The molecule has 0 fully saturated rings. The van der Waals surface area contributed by atoms with E-state index in [9.17, 15) is 8.42 Å². The van der Waals surface area contributed by atoms with Gasteiger partial charge in [-0.1, -0.05) is 19.9 Å². The van der Waals surface area contributed by atoms with Crippen molar-refractivity contribution in [2.45, 2.75) is 26.8 Å². The van der Waals surface area contributed by atoms with Crippen molar-refractivity contribution in [3.63, 3.8) is 0 Å². The summed E-state index contributed by atoms with van der Waals surface area (Å²) in [7, 11) is -3.02. The molecule has 0 heterocycles. The van der Waals surface area contributed by atoms with Crippen LogP contribution in [0.15, 0.2) is 18.2 Å². The summed E-state index contributed by atoms with van der Waals surface area (Å²) >= 11 is 0. The van der Waals surface area contributed by atoms with E-state index in [1.54, 1.807) is 0 Å². The van der Waals surface area contributed by atoms with Gasteiger partial charge in [0.1, 0.15) is 18.1 Å². The van der Waals surface area contributed by atoms with Crippen LogP contribution in [0.1, 0.15) is 25.8 Å². The second kappa shape index (κ2) is 8.89. The van der Waals surface area contributed by atoms with E-state index in [-0.39, 0.29) is 12.4 Å². The number of sulfone groups is 1. The molecule has 6 heteroatoms. The first kappa shape index (κ1) is 17.8. The third-order valence-electron chi connectivity index (χ3n) is 2.79. The normalized spacial score (nSPS) is 11.4. The largest absolute Gasteiger partial charge is 0.493 e. The molecular formula is C15H25NO4S. The molecule has 1 aromatic carbocycles. The quantitative estimate of drug-likeness (QED) is 0.715. The van der Waals surface area contributed by atoms with Gasteiger partial charge in [-0.3, -0.25) is 0 Å². The van der Waals surface area contributed by atoms with Crippen LogP contribution in [0.5, 0.6) is 11.5 Å². The second-order valence-electron chi connectivity index (χ2n) is 4.88. The molecular weight excluding hydrogens is 290 g/mol. The Morgan fingerprint density at radius 2 is 1.90 bits per heavy atom. The molecule has 21 heavy (non-hydrogen) atoms. The van der Waals surface area contributed by atoms with Gasteiger partial charge in [0.05, 0.1) is 12.4 Å². The zero-order chi connectivity index (χ0) is 15.7. The molecule has 0 saturated carbocycles. The van der Waals surface area contributed by atoms with Gasteiger partial charge in [0.15, 0.2) is 9.84 Å². The van der Waals surface area contributed by atoms with Gasteiger partial charge in [0.25, 0.3) is 0 Å². The predicted molar refractivity (Wildman–Crippen MR) is 84.8 cm³/mol. The Balaban J connectivity index is 2.77. The lowest BCUT2D eigenvalue weighted by molar-refractivity contribution is 0.307. The molecule has 0 amide bonds. The summed E-state index contributed by atoms with van der Waals surface area (Å²) < 4.78 is 33.6. The Hall–Kier alpha value is -1.27. The van der Waals surface area contributed by atoms with E-state index >= 15 is 0 Å². The second-order valence-corrected chi connectivity index (χ2v) is 7.14. The van der Waals surface area contributed by atoms with Crippen LogP contribution in [0, 0.1) is 0 Å². The Morgan fingerprint density at radius 3 is 2.52 bits per heavy atom. The van der Waals surface area contributed by atoms with Crippen LogP contribution in [0.3, 0.4) is 0 Å². The summed E-state index contributed by atoms with van der Waals surface area (Å²) in [6.45, 7) is 6.41. The summed E-state index contributed by atoms with van der Waals surface area (Å²) in [4.78, 5) is 0. The minimum absolute atomic E-state index is 0.00763. The lowest BCUT2D eigenvalue weighted by atomic mass is 10.2. The fraction of sp³-hybridized carbons (Fsp3) is 0.600. The molecule has 0 aliphatic rings. The smallest absolute Gasteiger partial charge is 0.150 e. The van der Waals surface area contributed by atoms with E-state index in [2.05, 4.69) is 5.32 Å². The zero-order valence-electron chi connectivity index (χ0n) is 13.0. The summed E-state index contributed by atoms with van der Waals surface area (Å²) in [6, 6.07) is 5.68. The van der Waals surface area contributed by atoms with E-state index in [0.717, 1.165) is 24.3 Å². The van der Waals surface area contributed by atoms with Crippen molar-refractivity contribution in [1.82, 2.24) is 5.32 Å². The summed E-state index contributed by atoms with van der Waals surface area (Å²) in [5.74, 6) is 1.42. The lowest BCUT2D eigenvalue weighted by Crippen LogP contribution is -2.15. The molecule has 0 unspecified atom stereocenters. The number of nitrogens with one attached hydrogen (secondary N) is 1. The maximum atomic E-state index is 11.2. The Kier molecular flexibility index (Phi) is 7.53. The number of hydrogen-bond acceptors (Lipinski definition) is 5. The third-order valence-corrected chi connectivity index (χ3v) is 3.70. The van der Waals surface area contributed by atoms with Crippen LogP contribution in [0.25, 0.3) is 0 Å². The van der Waals surface area contributed by atoms with Crippen LogP contribution >= 0.6 is 0 Å². The Labute approximate surface area is 127 Å². The standard InChI is InChI=1S/C15H25NO4S/c1-4-8-19-14-7-6-13(12-16-5-2)15(11-14)20-9-10-21(3,17)18/h6-7,11,16H,4-5,8-10,12H2,1-3H3. The number of ether oxygens (including phenoxy) is 2. The van der Waals surface area contributed by atoms with Gasteiger partial charge in [-0.2, -0.15) is 0 Å². The Morgan fingerprint density at radius 1 is 1.14 bits per heavy atom. The number of hydrogen-bond donors (Lipinski definition) is 1. The van der Waals surface area contributed by atoms with Crippen molar-refractivity contribution in [1.29, 1.82) is 0 Å². The van der Waals surface area contributed by atoms with Gasteiger partial charge in [-0.05, 0) is 19.0 Å². The molecule has 0 saturated heterocycles. The lowest BCUT2D eigenvalue weighted by Gasteiger charge is -2.14. The molecule has 1 aromatic rings. The molecule has 120 valence electrons. The number of benzene rings is 1. The highest BCUT2D eigenvalue weighted by Gasteiger charge is 2.08. The summed E-state index contributed by atoms with van der Waals surface area (Å²) in [5.41, 5.74) is 0.995. The van der Waals surface area contributed by atoms with Crippen molar-refractivity contribution >= 4 is 9.84 Å². The van der Waals surface area contributed by atoms with Gasteiger partial charge >= 0.3 is 0 Å². The molecule has 0 radical (unpaired) electrons. The van der Waals surface area contributed by atoms with E-state index in [0.29, 0.717) is 18.9 Å². The SMILES string of the molecule is CCCOc1ccc(CNCC)c(OCCS(C)(=O)=O)c1.